The highest BCUT2D eigenvalue weighted by atomic mass is 19.1. The molecule has 3 aromatic rings. The molecule has 9 nitrogen and oxygen atoms in total. The fraction of sp³-hybridized carbons (Fsp3) is 0.179. The first-order chi connectivity index (χ1) is 22.9. The molecule has 0 saturated heterocycles. The molecule has 0 aliphatic heterocycles. The Morgan fingerprint density at radius 2 is 1.02 bits per heavy atom. The van der Waals surface area contributed by atoms with Crippen LogP contribution in [0.4, 0.5) is 4.39 Å². The van der Waals surface area contributed by atoms with Gasteiger partial charge in [0.05, 0.1) is 7.11 Å². The minimum absolute atomic E-state index is 0.00929. The van der Waals surface area contributed by atoms with Gasteiger partial charge in [-0.25, -0.2) is 23.6 Å². The average molecular weight is 669 g/mol. The summed E-state index contributed by atoms with van der Waals surface area (Å²) in [6.45, 7) is 23.7. The van der Waals surface area contributed by atoms with E-state index in [-0.39, 0.29) is 62.2 Å². The van der Waals surface area contributed by atoms with Crippen molar-refractivity contribution in [2.24, 2.45) is 0 Å². The average Bonchev–Trinajstić information content (AvgIpc) is 3.04. The van der Waals surface area contributed by atoms with Crippen LogP contribution in [-0.4, -0.2) is 31.0 Å². The minimum atomic E-state index is -0.737. The maximum Gasteiger partial charge on any atom is 0.338 e. The maximum atomic E-state index is 15.4. The van der Waals surface area contributed by atoms with E-state index in [0.29, 0.717) is 22.3 Å². The number of benzene rings is 3. The Hall–Kier alpha value is -6.03. The van der Waals surface area contributed by atoms with Crippen molar-refractivity contribution < 1.29 is 47.3 Å². The summed E-state index contributed by atoms with van der Waals surface area (Å²) in [6, 6.07) is 11.5. The number of halogens is 1. The standard InChI is InChI=1S/C39H37FO9/c1-20(2)36(41)46-27-13-14-28(31(40)17-27)24(9)25(10)29-18-34(49-39(44)23(7)8)30(19-33(29)48-38(43)22(5)6)26-12-15-32(35(16-26)45-11)47-37(42)21(3)4/h12-19H,1,3,5,7H2,2,4,6,8-11H3/b25-24+. The summed E-state index contributed by atoms with van der Waals surface area (Å²) in [6.07, 6.45) is 0. The van der Waals surface area contributed by atoms with Gasteiger partial charge in [0.25, 0.3) is 0 Å². The number of methoxy groups -OCH3 is 1. The quantitative estimate of drug-likeness (QED) is 0.0812. The molecule has 254 valence electrons. The second-order valence-corrected chi connectivity index (χ2v) is 11.3. The number of carbonyl (C=O) groups is 4. The number of hydrogen-bond acceptors (Lipinski definition) is 9. The molecule has 10 heteroatoms. The predicted molar refractivity (Wildman–Crippen MR) is 185 cm³/mol. The van der Waals surface area contributed by atoms with Crippen LogP contribution in [-0.2, 0) is 19.2 Å². The summed E-state index contributed by atoms with van der Waals surface area (Å²) in [5.41, 5.74) is 2.62. The molecule has 0 bridgehead atoms. The van der Waals surface area contributed by atoms with Gasteiger partial charge in [0.15, 0.2) is 11.5 Å². The van der Waals surface area contributed by atoms with Crippen LogP contribution in [0.15, 0.2) is 97.1 Å². The second kappa shape index (κ2) is 15.7. The second-order valence-electron chi connectivity index (χ2n) is 11.3. The zero-order valence-electron chi connectivity index (χ0n) is 28.5. The Morgan fingerprint density at radius 1 is 0.531 bits per heavy atom. The number of carbonyl (C=O) groups excluding carboxylic acids is 4. The van der Waals surface area contributed by atoms with Crippen molar-refractivity contribution in [3.8, 4) is 39.9 Å². The summed E-state index contributed by atoms with van der Waals surface area (Å²) in [5, 5.41) is 0. The number of hydrogen-bond donors (Lipinski definition) is 0. The number of allylic oxidation sites excluding steroid dienone is 2. The van der Waals surface area contributed by atoms with Gasteiger partial charge in [0, 0.05) is 45.0 Å². The van der Waals surface area contributed by atoms with Gasteiger partial charge in [-0.1, -0.05) is 32.4 Å². The molecule has 0 heterocycles. The lowest BCUT2D eigenvalue weighted by Gasteiger charge is -2.19. The van der Waals surface area contributed by atoms with Crippen LogP contribution in [0.2, 0.25) is 0 Å². The summed E-state index contributed by atoms with van der Waals surface area (Å²) in [4.78, 5) is 49.8. The Labute approximate surface area is 284 Å². The number of ether oxygens (including phenoxy) is 5. The van der Waals surface area contributed by atoms with Crippen molar-refractivity contribution in [3.05, 3.63) is 114 Å². The van der Waals surface area contributed by atoms with E-state index in [9.17, 15) is 19.2 Å². The van der Waals surface area contributed by atoms with Crippen LogP contribution in [0.1, 0.15) is 52.7 Å². The molecule has 0 fully saturated rings. The SMILES string of the molecule is C=C(C)C(=O)Oc1ccc(/C(C)=C(\C)c2cc(OC(=O)C(=C)C)c(-c3ccc(OC(=O)C(=C)C)c(OC)c3)cc2OC(=O)C(=C)C)c(F)c1. The van der Waals surface area contributed by atoms with Crippen molar-refractivity contribution in [1.29, 1.82) is 0 Å². The van der Waals surface area contributed by atoms with Gasteiger partial charge in [0.1, 0.15) is 23.1 Å². The fourth-order valence-electron chi connectivity index (χ4n) is 4.19. The minimum Gasteiger partial charge on any atom is -0.493 e. The number of esters is 4. The lowest BCUT2D eigenvalue weighted by atomic mass is 9.93. The lowest BCUT2D eigenvalue weighted by Crippen LogP contribution is -2.12. The molecule has 0 saturated carbocycles. The summed E-state index contributed by atoms with van der Waals surface area (Å²) >= 11 is 0. The zero-order chi connectivity index (χ0) is 36.7. The molecule has 3 rings (SSSR count). The Morgan fingerprint density at radius 3 is 1.53 bits per heavy atom. The summed E-state index contributed by atoms with van der Waals surface area (Å²) in [5.74, 6) is -3.15. The zero-order valence-corrected chi connectivity index (χ0v) is 28.5. The van der Waals surface area contributed by atoms with Crippen molar-refractivity contribution in [2.75, 3.05) is 7.11 Å². The molecule has 0 aromatic heterocycles. The van der Waals surface area contributed by atoms with Crippen LogP contribution >= 0.6 is 0 Å². The molecule has 49 heavy (non-hydrogen) atoms. The maximum absolute atomic E-state index is 15.4. The number of rotatable bonds is 12. The van der Waals surface area contributed by atoms with Crippen molar-refractivity contribution in [1.82, 2.24) is 0 Å². The predicted octanol–water partition coefficient (Wildman–Crippen LogP) is 8.38. The normalized spacial score (nSPS) is 11.0. The first kappa shape index (κ1) is 37.4. The molecule has 0 radical (unpaired) electrons. The van der Waals surface area contributed by atoms with E-state index in [1.54, 1.807) is 26.0 Å². The fourth-order valence-corrected chi connectivity index (χ4v) is 4.19. The van der Waals surface area contributed by atoms with Gasteiger partial charge < -0.3 is 23.7 Å². The van der Waals surface area contributed by atoms with E-state index in [1.807, 2.05) is 0 Å². The van der Waals surface area contributed by atoms with Gasteiger partial charge in [-0.05, 0) is 94.7 Å². The first-order valence-corrected chi connectivity index (χ1v) is 14.8. The van der Waals surface area contributed by atoms with Crippen molar-refractivity contribution in [3.63, 3.8) is 0 Å². The van der Waals surface area contributed by atoms with Gasteiger partial charge in [-0.15, -0.1) is 0 Å². The van der Waals surface area contributed by atoms with Crippen molar-refractivity contribution in [2.45, 2.75) is 41.5 Å². The molecule has 0 amide bonds. The highest BCUT2D eigenvalue weighted by Gasteiger charge is 2.23. The topological polar surface area (TPSA) is 114 Å². The monoisotopic (exact) mass is 668 g/mol. The molecular weight excluding hydrogens is 631 g/mol. The van der Waals surface area contributed by atoms with Gasteiger partial charge in [-0.3, -0.25) is 0 Å². The van der Waals surface area contributed by atoms with E-state index in [4.69, 9.17) is 23.7 Å². The summed E-state index contributed by atoms with van der Waals surface area (Å²) < 4.78 is 42.9. The Balaban J connectivity index is 2.30. The molecular formula is C39H37FO9. The van der Waals surface area contributed by atoms with Crippen LogP contribution in [0, 0.1) is 5.82 Å². The largest absolute Gasteiger partial charge is 0.493 e. The molecule has 0 atom stereocenters. The molecule has 0 unspecified atom stereocenters. The van der Waals surface area contributed by atoms with E-state index in [1.165, 1.54) is 65.1 Å². The van der Waals surface area contributed by atoms with Crippen molar-refractivity contribution >= 4 is 35.0 Å². The third kappa shape index (κ3) is 9.07. The highest BCUT2D eigenvalue weighted by Crippen LogP contribution is 2.44. The van der Waals surface area contributed by atoms with Crippen LogP contribution < -0.4 is 23.7 Å². The first-order valence-electron chi connectivity index (χ1n) is 14.8. The van der Waals surface area contributed by atoms with E-state index < -0.39 is 29.7 Å². The van der Waals surface area contributed by atoms with Gasteiger partial charge in [-0.2, -0.15) is 0 Å². The summed E-state index contributed by atoms with van der Waals surface area (Å²) in [7, 11) is 1.38. The molecule has 3 aromatic carbocycles. The van der Waals surface area contributed by atoms with Crippen LogP contribution in [0.25, 0.3) is 22.3 Å². The third-order valence-corrected chi connectivity index (χ3v) is 7.08. The van der Waals surface area contributed by atoms with Gasteiger partial charge >= 0.3 is 23.9 Å². The van der Waals surface area contributed by atoms with E-state index in [0.717, 1.165) is 6.07 Å². The molecule has 0 N–H and O–H groups in total. The van der Waals surface area contributed by atoms with Crippen LogP contribution in [0.5, 0.6) is 28.7 Å². The van der Waals surface area contributed by atoms with Crippen LogP contribution in [0.3, 0.4) is 0 Å². The Bertz CT molecular complexity index is 1960. The molecule has 0 aliphatic rings. The van der Waals surface area contributed by atoms with E-state index in [2.05, 4.69) is 26.3 Å². The van der Waals surface area contributed by atoms with E-state index >= 15 is 4.39 Å². The smallest absolute Gasteiger partial charge is 0.338 e. The highest BCUT2D eigenvalue weighted by molar-refractivity contribution is 5.97. The van der Waals surface area contributed by atoms with Gasteiger partial charge in [0.2, 0.25) is 0 Å². The lowest BCUT2D eigenvalue weighted by molar-refractivity contribution is -0.131. The third-order valence-electron chi connectivity index (χ3n) is 7.08. The molecule has 0 aliphatic carbocycles. The Kier molecular flexibility index (Phi) is 12.0. The molecule has 0 spiro atoms.